The number of hydrogen-bond donors (Lipinski definition) is 2. The van der Waals surface area contributed by atoms with Gasteiger partial charge in [-0.05, 0) is 62.2 Å². The Labute approximate surface area is 165 Å². The monoisotopic (exact) mass is 396 g/mol. The van der Waals surface area contributed by atoms with Crippen molar-refractivity contribution in [2.24, 2.45) is 0 Å². The molecule has 142 valence electrons. The highest BCUT2D eigenvalue weighted by molar-refractivity contribution is 6.38. The van der Waals surface area contributed by atoms with E-state index in [4.69, 9.17) is 33.7 Å². The number of methoxy groups -OCH3 is 1. The number of ether oxygens (including phenoxy) is 1. The molecule has 0 aliphatic rings. The molecule has 2 aromatic rings. The predicted octanol–water partition coefficient (Wildman–Crippen LogP) is 4.57. The minimum absolute atomic E-state index is 0.312. The first-order valence-electron chi connectivity index (χ1n) is 8.57. The second kappa shape index (κ2) is 9.47. The van der Waals surface area contributed by atoms with Crippen LogP contribution in [0.5, 0.6) is 5.75 Å². The first-order valence-corrected chi connectivity index (χ1v) is 9.33. The van der Waals surface area contributed by atoms with Gasteiger partial charge in [0, 0.05) is 12.6 Å². The number of hydrogen-bond acceptors (Lipinski definition) is 4. The molecule has 0 aromatic heterocycles. The van der Waals surface area contributed by atoms with E-state index in [0.29, 0.717) is 33.9 Å². The van der Waals surface area contributed by atoms with Gasteiger partial charge in [-0.15, -0.1) is 0 Å². The fraction of sp³-hybridized carbons (Fsp3) is 0.400. The van der Waals surface area contributed by atoms with Gasteiger partial charge < -0.3 is 20.5 Å². The average Bonchev–Trinajstić information content (AvgIpc) is 2.63. The fourth-order valence-electron chi connectivity index (χ4n) is 2.74. The van der Waals surface area contributed by atoms with Crippen molar-refractivity contribution in [1.82, 2.24) is 4.90 Å². The molecule has 0 fully saturated rings. The molecule has 3 N–H and O–H groups in total. The van der Waals surface area contributed by atoms with Gasteiger partial charge in [-0.25, -0.2) is 0 Å². The average molecular weight is 397 g/mol. The number of halogens is 2. The summed E-state index contributed by atoms with van der Waals surface area (Å²) in [6.07, 6.45) is 1.27. The van der Waals surface area contributed by atoms with Crippen LogP contribution in [0.1, 0.15) is 30.6 Å². The lowest BCUT2D eigenvalue weighted by Crippen LogP contribution is -2.33. The Balaban J connectivity index is 1.90. The molecule has 2 rings (SSSR count). The Morgan fingerprint density at radius 3 is 2.27 bits per heavy atom. The van der Waals surface area contributed by atoms with Crippen LogP contribution in [0.3, 0.4) is 0 Å². The van der Waals surface area contributed by atoms with Crippen molar-refractivity contribution < 1.29 is 9.84 Å². The number of aliphatic hydroxyl groups is 1. The largest absolute Gasteiger partial charge is 0.497 e. The van der Waals surface area contributed by atoms with Crippen LogP contribution in [-0.4, -0.2) is 36.8 Å². The molecule has 0 spiro atoms. The van der Waals surface area contributed by atoms with E-state index >= 15 is 0 Å². The molecular weight excluding hydrogens is 371 g/mol. The zero-order valence-electron chi connectivity index (χ0n) is 15.4. The van der Waals surface area contributed by atoms with Crippen molar-refractivity contribution in [1.29, 1.82) is 0 Å². The van der Waals surface area contributed by atoms with Gasteiger partial charge in [0.15, 0.2) is 0 Å². The molecule has 0 radical (unpaired) electrons. The van der Waals surface area contributed by atoms with Crippen LogP contribution in [-0.2, 0) is 6.42 Å². The van der Waals surface area contributed by atoms with Crippen LogP contribution in [0.2, 0.25) is 10.0 Å². The Bertz CT molecular complexity index is 699. The maximum atomic E-state index is 10.5. The molecule has 0 amide bonds. The van der Waals surface area contributed by atoms with Crippen molar-refractivity contribution >= 4 is 28.9 Å². The minimum Gasteiger partial charge on any atom is -0.497 e. The molecule has 2 aromatic carbocycles. The molecule has 2 unspecified atom stereocenters. The third-order valence-corrected chi connectivity index (χ3v) is 5.33. The first kappa shape index (κ1) is 20.8. The lowest BCUT2D eigenvalue weighted by Gasteiger charge is -2.27. The number of aliphatic hydroxyl groups excluding tert-OH is 1. The highest BCUT2D eigenvalue weighted by Gasteiger charge is 2.17. The number of rotatable bonds is 8. The second-order valence-corrected chi connectivity index (χ2v) is 7.40. The Morgan fingerprint density at radius 1 is 1.15 bits per heavy atom. The molecule has 0 aliphatic carbocycles. The minimum atomic E-state index is -0.681. The van der Waals surface area contributed by atoms with Crippen molar-refractivity contribution in [2.45, 2.75) is 31.9 Å². The molecule has 0 saturated carbocycles. The molecule has 4 nitrogen and oxygen atoms in total. The van der Waals surface area contributed by atoms with E-state index in [9.17, 15) is 5.11 Å². The van der Waals surface area contributed by atoms with E-state index in [1.54, 1.807) is 19.2 Å². The smallest absolute Gasteiger partial charge is 0.118 e. The third-order valence-electron chi connectivity index (χ3n) is 4.71. The summed E-state index contributed by atoms with van der Waals surface area (Å²) in [5.74, 6) is 0.864. The number of likely N-dealkylation sites (N-methyl/N-ethyl adjacent to an activating group) is 1. The van der Waals surface area contributed by atoms with Crippen LogP contribution in [0, 0.1) is 0 Å². The summed E-state index contributed by atoms with van der Waals surface area (Å²) in [6, 6.07) is 11.8. The molecule has 0 heterocycles. The van der Waals surface area contributed by atoms with E-state index in [1.165, 1.54) is 5.56 Å². The normalized spacial score (nSPS) is 13.7. The highest BCUT2D eigenvalue weighted by Crippen LogP contribution is 2.31. The molecule has 0 bridgehead atoms. The van der Waals surface area contributed by atoms with E-state index in [-0.39, 0.29) is 0 Å². The molecule has 0 saturated heterocycles. The SMILES string of the molecule is COc1ccc(CCC(C)N(C)CC(O)c2cc(Cl)c(N)c(Cl)c2)cc1. The van der Waals surface area contributed by atoms with E-state index < -0.39 is 6.10 Å². The molecule has 2 atom stereocenters. The van der Waals surface area contributed by atoms with Gasteiger partial charge in [0.25, 0.3) is 0 Å². The molecule has 26 heavy (non-hydrogen) atoms. The standard InChI is InChI=1S/C20H26Cl2N2O2/c1-13(4-5-14-6-8-16(26-3)9-7-14)24(2)12-19(25)15-10-17(21)20(23)18(22)11-15/h6-11,13,19,25H,4-5,12,23H2,1-3H3. The first-order chi connectivity index (χ1) is 12.3. The van der Waals surface area contributed by atoms with Crippen LogP contribution in [0.15, 0.2) is 36.4 Å². The fourth-order valence-corrected chi connectivity index (χ4v) is 3.25. The Hall–Kier alpha value is -1.46. The number of nitrogen functional groups attached to an aromatic ring is 1. The molecule has 6 heteroatoms. The summed E-state index contributed by atoms with van der Waals surface area (Å²) in [6.45, 7) is 2.64. The Morgan fingerprint density at radius 2 is 1.73 bits per heavy atom. The zero-order chi connectivity index (χ0) is 19.3. The van der Waals surface area contributed by atoms with Crippen molar-refractivity contribution in [3.05, 3.63) is 57.6 Å². The van der Waals surface area contributed by atoms with E-state index in [0.717, 1.165) is 18.6 Å². The number of benzene rings is 2. The number of nitrogens with zero attached hydrogens (tertiary/aromatic N) is 1. The van der Waals surface area contributed by atoms with Crippen molar-refractivity contribution in [3.63, 3.8) is 0 Å². The van der Waals surface area contributed by atoms with Crippen LogP contribution >= 0.6 is 23.2 Å². The van der Waals surface area contributed by atoms with E-state index in [1.807, 2.05) is 19.2 Å². The lowest BCUT2D eigenvalue weighted by molar-refractivity contribution is 0.106. The summed E-state index contributed by atoms with van der Waals surface area (Å²) in [5, 5.41) is 11.2. The maximum Gasteiger partial charge on any atom is 0.118 e. The quantitative estimate of drug-likeness (QED) is 0.641. The Kier molecular flexibility index (Phi) is 7.59. The van der Waals surface area contributed by atoms with Gasteiger partial charge in [-0.3, -0.25) is 0 Å². The second-order valence-electron chi connectivity index (χ2n) is 6.59. The summed E-state index contributed by atoms with van der Waals surface area (Å²) in [5.41, 5.74) is 8.03. The summed E-state index contributed by atoms with van der Waals surface area (Å²) in [7, 11) is 3.67. The number of nitrogens with two attached hydrogens (primary N) is 1. The number of anilines is 1. The topological polar surface area (TPSA) is 58.7 Å². The van der Waals surface area contributed by atoms with Gasteiger partial charge in [0.1, 0.15) is 5.75 Å². The zero-order valence-corrected chi connectivity index (χ0v) is 16.9. The summed E-state index contributed by atoms with van der Waals surface area (Å²) >= 11 is 12.1. The van der Waals surface area contributed by atoms with Crippen LogP contribution in [0.25, 0.3) is 0 Å². The van der Waals surface area contributed by atoms with Gasteiger partial charge in [0.05, 0.1) is 28.9 Å². The molecular formula is C20H26Cl2N2O2. The highest BCUT2D eigenvalue weighted by atomic mass is 35.5. The van der Waals surface area contributed by atoms with Gasteiger partial charge in [-0.1, -0.05) is 35.3 Å². The van der Waals surface area contributed by atoms with Crippen LogP contribution < -0.4 is 10.5 Å². The maximum absolute atomic E-state index is 10.5. The predicted molar refractivity (Wildman–Crippen MR) is 109 cm³/mol. The van der Waals surface area contributed by atoms with E-state index in [2.05, 4.69) is 24.0 Å². The lowest BCUT2D eigenvalue weighted by atomic mass is 10.0. The summed E-state index contributed by atoms with van der Waals surface area (Å²) in [4.78, 5) is 2.13. The third kappa shape index (κ3) is 5.52. The van der Waals surface area contributed by atoms with Crippen LogP contribution in [0.4, 0.5) is 5.69 Å². The summed E-state index contributed by atoms with van der Waals surface area (Å²) < 4.78 is 5.18. The van der Waals surface area contributed by atoms with Gasteiger partial charge >= 0.3 is 0 Å². The van der Waals surface area contributed by atoms with Gasteiger partial charge in [-0.2, -0.15) is 0 Å². The van der Waals surface area contributed by atoms with Crippen molar-refractivity contribution in [3.8, 4) is 5.75 Å². The van der Waals surface area contributed by atoms with Crippen molar-refractivity contribution in [2.75, 3.05) is 26.4 Å². The van der Waals surface area contributed by atoms with Gasteiger partial charge in [0.2, 0.25) is 0 Å². The number of aryl methyl sites for hydroxylation is 1. The molecule has 0 aliphatic heterocycles.